The molecule has 0 aliphatic carbocycles. The average molecular weight is 313 g/mol. The van der Waals surface area contributed by atoms with E-state index >= 15 is 0 Å². The van der Waals surface area contributed by atoms with Gasteiger partial charge in [0.15, 0.2) is 0 Å². The van der Waals surface area contributed by atoms with Crippen molar-refractivity contribution in [2.24, 2.45) is 0 Å². The number of hydrogen-bond acceptors (Lipinski definition) is 3. The zero-order valence-electron chi connectivity index (χ0n) is 13.9. The molecule has 2 aromatic carbocycles. The van der Waals surface area contributed by atoms with Crippen LogP contribution in [0.1, 0.15) is 28.4 Å². The van der Waals surface area contributed by atoms with Crippen LogP contribution in [-0.2, 0) is 17.9 Å². The minimum atomic E-state index is 0.0345. The number of carbonyl (C=O) groups excluding carboxylic acids is 1. The fraction of sp³-hybridized carbons (Fsp3) is 0.316. The van der Waals surface area contributed by atoms with Crippen molar-refractivity contribution in [2.45, 2.75) is 20.1 Å². The second-order valence-electron chi connectivity index (χ2n) is 5.30. The van der Waals surface area contributed by atoms with Gasteiger partial charge < -0.3 is 14.4 Å². The van der Waals surface area contributed by atoms with Crippen molar-refractivity contribution in [3.63, 3.8) is 0 Å². The maximum Gasteiger partial charge on any atom is 0.254 e. The zero-order chi connectivity index (χ0) is 16.7. The molecular formula is C19H23NO3. The van der Waals surface area contributed by atoms with E-state index < -0.39 is 0 Å². The van der Waals surface area contributed by atoms with Crippen molar-refractivity contribution in [2.75, 3.05) is 20.8 Å². The molecule has 0 N–H and O–H groups in total. The molecule has 0 heterocycles. The van der Waals surface area contributed by atoms with Crippen molar-refractivity contribution < 1.29 is 14.3 Å². The summed E-state index contributed by atoms with van der Waals surface area (Å²) in [6.45, 7) is 3.78. The minimum absolute atomic E-state index is 0.0345. The Balaban J connectivity index is 2.07. The lowest BCUT2D eigenvalue weighted by atomic mass is 10.1. The van der Waals surface area contributed by atoms with Crippen LogP contribution < -0.4 is 4.74 Å². The van der Waals surface area contributed by atoms with Crippen molar-refractivity contribution in [3.05, 3.63) is 65.2 Å². The first-order valence-electron chi connectivity index (χ1n) is 7.68. The third-order valence-corrected chi connectivity index (χ3v) is 3.71. The summed E-state index contributed by atoms with van der Waals surface area (Å²) in [6.07, 6.45) is 0. The van der Waals surface area contributed by atoms with Crippen LogP contribution in [0.3, 0.4) is 0 Å². The van der Waals surface area contributed by atoms with Crippen LogP contribution in [-0.4, -0.2) is 31.6 Å². The van der Waals surface area contributed by atoms with Gasteiger partial charge in [-0.1, -0.05) is 24.3 Å². The number of benzene rings is 2. The minimum Gasteiger partial charge on any atom is -0.497 e. The molecule has 0 spiro atoms. The third-order valence-electron chi connectivity index (χ3n) is 3.71. The number of carbonyl (C=O) groups is 1. The summed E-state index contributed by atoms with van der Waals surface area (Å²) in [7, 11) is 3.30. The maximum atomic E-state index is 12.6. The highest BCUT2D eigenvalue weighted by Gasteiger charge is 2.14. The Morgan fingerprint density at radius 3 is 2.09 bits per heavy atom. The molecule has 2 rings (SSSR count). The number of rotatable bonds is 7. The largest absolute Gasteiger partial charge is 0.497 e. The van der Waals surface area contributed by atoms with Crippen molar-refractivity contribution >= 4 is 5.91 Å². The highest BCUT2D eigenvalue weighted by molar-refractivity contribution is 5.94. The molecule has 0 aliphatic heterocycles. The Morgan fingerprint density at radius 1 is 0.957 bits per heavy atom. The molecule has 0 aliphatic rings. The molecule has 4 nitrogen and oxygen atoms in total. The van der Waals surface area contributed by atoms with Gasteiger partial charge in [0, 0.05) is 25.8 Å². The first-order chi connectivity index (χ1) is 11.2. The van der Waals surface area contributed by atoms with E-state index in [9.17, 15) is 4.79 Å². The van der Waals surface area contributed by atoms with Crippen molar-refractivity contribution in [3.8, 4) is 5.75 Å². The SMILES string of the molecule is CCN(Cc1ccc(OC)cc1)C(=O)c1ccc(COC)cc1. The van der Waals surface area contributed by atoms with Crippen LogP contribution in [0.5, 0.6) is 5.75 Å². The number of hydrogen-bond donors (Lipinski definition) is 0. The van der Waals surface area contributed by atoms with Crippen LogP contribution >= 0.6 is 0 Å². The van der Waals surface area contributed by atoms with E-state index in [1.807, 2.05) is 60.4 Å². The zero-order valence-corrected chi connectivity index (χ0v) is 13.9. The van der Waals surface area contributed by atoms with Crippen LogP contribution in [0.15, 0.2) is 48.5 Å². The molecule has 0 atom stereocenters. The Hall–Kier alpha value is -2.33. The van der Waals surface area contributed by atoms with E-state index in [1.54, 1.807) is 14.2 Å². The van der Waals surface area contributed by atoms with Gasteiger partial charge in [0.25, 0.3) is 5.91 Å². The molecule has 0 aromatic heterocycles. The van der Waals surface area contributed by atoms with E-state index in [2.05, 4.69) is 0 Å². The summed E-state index contributed by atoms with van der Waals surface area (Å²) in [5.41, 5.74) is 2.83. The number of nitrogens with zero attached hydrogens (tertiary/aromatic N) is 1. The van der Waals surface area contributed by atoms with Crippen molar-refractivity contribution in [1.82, 2.24) is 4.90 Å². The van der Waals surface area contributed by atoms with Gasteiger partial charge in [0.2, 0.25) is 0 Å². The first kappa shape index (κ1) is 17.0. The molecule has 4 heteroatoms. The highest BCUT2D eigenvalue weighted by Crippen LogP contribution is 2.15. The Labute approximate surface area is 137 Å². The van der Waals surface area contributed by atoms with Gasteiger partial charge in [0.1, 0.15) is 5.75 Å². The normalized spacial score (nSPS) is 10.4. The predicted octanol–water partition coefficient (Wildman–Crippen LogP) is 3.50. The summed E-state index contributed by atoms with van der Waals surface area (Å²) < 4.78 is 10.2. The van der Waals surface area contributed by atoms with Gasteiger partial charge in [-0.2, -0.15) is 0 Å². The Morgan fingerprint density at radius 2 is 1.57 bits per heavy atom. The second-order valence-corrected chi connectivity index (χ2v) is 5.30. The fourth-order valence-corrected chi connectivity index (χ4v) is 2.37. The molecule has 0 fully saturated rings. The van der Waals surface area contributed by atoms with Crippen molar-refractivity contribution in [1.29, 1.82) is 0 Å². The summed E-state index contributed by atoms with van der Waals surface area (Å²) >= 11 is 0. The average Bonchev–Trinajstić information content (AvgIpc) is 2.60. The standard InChI is InChI=1S/C19H23NO3/c1-4-20(13-15-7-11-18(23-3)12-8-15)19(21)17-9-5-16(6-10-17)14-22-2/h5-12H,4,13-14H2,1-3H3. The van der Waals surface area contributed by atoms with E-state index in [0.717, 1.165) is 16.9 Å². The first-order valence-corrected chi connectivity index (χ1v) is 7.68. The third kappa shape index (κ3) is 4.57. The van der Waals surface area contributed by atoms with Gasteiger partial charge in [-0.3, -0.25) is 4.79 Å². The lowest BCUT2D eigenvalue weighted by Crippen LogP contribution is -2.30. The number of amides is 1. The summed E-state index contributed by atoms with van der Waals surface area (Å²) in [4.78, 5) is 14.5. The van der Waals surface area contributed by atoms with E-state index in [-0.39, 0.29) is 5.91 Å². The van der Waals surface area contributed by atoms with Gasteiger partial charge in [-0.15, -0.1) is 0 Å². The summed E-state index contributed by atoms with van der Waals surface area (Å²) in [5, 5.41) is 0. The highest BCUT2D eigenvalue weighted by atomic mass is 16.5. The molecule has 0 saturated heterocycles. The quantitative estimate of drug-likeness (QED) is 0.785. The molecule has 0 radical (unpaired) electrons. The van der Waals surface area contributed by atoms with Crippen LogP contribution in [0.4, 0.5) is 0 Å². The van der Waals surface area contributed by atoms with E-state index in [4.69, 9.17) is 9.47 Å². The smallest absolute Gasteiger partial charge is 0.254 e. The van der Waals surface area contributed by atoms with E-state index in [0.29, 0.717) is 25.3 Å². The lowest BCUT2D eigenvalue weighted by Gasteiger charge is -2.21. The molecule has 23 heavy (non-hydrogen) atoms. The van der Waals surface area contributed by atoms with Crippen LogP contribution in [0.25, 0.3) is 0 Å². The summed E-state index contributed by atoms with van der Waals surface area (Å²) in [6, 6.07) is 15.4. The monoisotopic (exact) mass is 313 g/mol. The molecule has 2 aromatic rings. The van der Waals surface area contributed by atoms with Crippen LogP contribution in [0, 0.1) is 0 Å². The second kappa shape index (κ2) is 8.34. The summed E-state index contributed by atoms with van der Waals surface area (Å²) in [5.74, 6) is 0.851. The predicted molar refractivity (Wildman–Crippen MR) is 90.6 cm³/mol. The van der Waals surface area contributed by atoms with Gasteiger partial charge in [-0.25, -0.2) is 0 Å². The Bertz CT molecular complexity index is 620. The molecular weight excluding hydrogens is 290 g/mol. The molecule has 0 bridgehead atoms. The van der Waals surface area contributed by atoms with Gasteiger partial charge in [0.05, 0.1) is 13.7 Å². The lowest BCUT2D eigenvalue weighted by molar-refractivity contribution is 0.0752. The fourth-order valence-electron chi connectivity index (χ4n) is 2.37. The Kier molecular flexibility index (Phi) is 6.18. The van der Waals surface area contributed by atoms with Gasteiger partial charge in [-0.05, 0) is 42.3 Å². The maximum absolute atomic E-state index is 12.6. The van der Waals surface area contributed by atoms with Crippen LogP contribution in [0.2, 0.25) is 0 Å². The van der Waals surface area contributed by atoms with Gasteiger partial charge >= 0.3 is 0 Å². The number of ether oxygens (including phenoxy) is 2. The molecule has 0 saturated carbocycles. The topological polar surface area (TPSA) is 38.8 Å². The molecule has 1 amide bonds. The molecule has 122 valence electrons. The van der Waals surface area contributed by atoms with E-state index in [1.165, 1.54) is 0 Å². The molecule has 0 unspecified atom stereocenters. The number of methoxy groups -OCH3 is 2.